The number of esters is 1. The molecular formula is C12H19N3O2. The summed E-state index contributed by atoms with van der Waals surface area (Å²) in [6, 6.07) is 0. The summed E-state index contributed by atoms with van der Waals surface area (Å²) in [4.78, 5) is 11.7. The maximum atomic E-state index is 11.7. The summed E-state index contributed by atoms with van der Waals surface area (Å²) in [5, 5.41) is 7.89. The topological polar surface area (TPSA) is 57.0 Å². The van der Waals surface area contributed by atoms with Crippen LogP contribution in [0.5, 0.6) is 0 Å². The normalized spacial score (nSPS) is 16.4. The standard InChI is InChI=1S/C12H19N3O2/c1-3-17-12(16)11-14-13-9(2)15(11)8-10-6-4-5-7-10/h10H,3-8H2,1-2H3. The van der Waals surface area contributed by atoms with Crippen molar-refractivity contribution >= 4 is 5.97 Å². The number of carbonyl (C=O) groups is 1. The third-order valence-electron chi connectivity index (χ3n) is 3.31. The van der Waals surface area contributed by atoms with Crippen molar-refractivity contribution in [2.24, 2.45) is 5.92 Å². The van der Waals surface area contributed by atoms with E-state index in [0.717, 1.165) is 12.4 Å². The molecule has 0 spiro atoms. The lowest BCUT2D eigenvalue weighted by Crippen LogP contribution is -2.17. The molecule has 0 N–H and O–H groups in total. The highest BCUT2D eigenvalue weighted by molar-refractivity contribution is 5.85. The van der Waals surface area contributed by atoms with Gasteiger partial charge < -0.3 is 9.30 Å². The quantitative estimate of drug-likeness (QED) is 0.751. The first kappa shape index (κ1) is 12.1. The number of carbonyl (C=O) groups excluding carboxylic acids is 1. The fraction of sp³-hybridized carbons (Fsp3) is 0.750. The van der Waals surface area contributed by atoms with Crippen molar-refractivity contribution in [1.29, 1.82) is 0 Å². The van der Waals surface area contributed by atoms with Gasteiger partial charge in [0.2, 0.25) is 5.82 Å². The van der Waals surface area contributed by atoms with Gasteiger partial charge >= 0.3 is 5.97 Å². The minimum atomic E-state index is -0.369. The van der Waals surface area contributed by atoms with Crippen molar-refractivity contribution < 1.29 is 9.53 Å². The fourth-order valence-corrected chi connectivity index (χ4v) is 2.40. The molecule has 0 aromatic carbocycles. The lowest BCUT2D eigenvalue weighted by molar-refractivity contribution is 0.0504. The highest BCUT2D eigenvalue weighted by Gasteiger charge is 2.22. The first-order valence-electron chi connectivity index (χ1n) is 6.29. The Kier molecular flexibility index (Phi) is 3.76. The summed E-state index contributed by atoms with van der Waals surface area (Å²) in [6.45, 7) is 4.88. The number of rotatable bonds is 4. The Bertz CT molecular complexity index is 394. The summed E-state index contributed by atoms with van der Waals surface area (Å²) >= 11 is 0. The Hall–Kier alpha value is -1.39. The van der Waals surface area contributed by atoms with Crippen molar-refractivity contribution in [3.05, 3.63) is 11.6 Å². The second kappa shape index (κ2) is 5.29. The number of hydrogen-bond donors (Lipinski definition) is 0. The van der Waals surface area contributed by atoms with E-state index in [2.05, 4.69) is 10.2 Å². The van der Waals surface area contributed by atoms with Crippen LogP contribution in [0.15, 0.2) is 0 Å². The number of aromatic nitrogens is 3. The minimum absolute atomic E-state index is 0.344. The van der Waals surface area contributed by atoms with E-state index in [1.165, 1.54) is 25.7 Å². The molecule has 5 nitrogen and oxygen atoms in total. The maximum Gasteiger partial charge on any atom is 0.376 e. The molecule has 0 atom stereocenters. The van der Waals surface area contributed by atoms with Crippen LogP contribution in [0.2, 0.25) is 0 Å². The zero-order valence-electron chi connectivity index (χ0n) is 10.5. The first-order valence-corrected chi connectivity index (χ1v) is 6.29. The zero-order valence-corrected chi connectivity index (χ0v) is 10.5. The van der Waals surface area contributed by atoms with Gasteiger partial charge in [0.15, 0.2) is 0 Å². The molecular weight excluding hydrogens is 218 g/mol. The van der Waals surface area contributed by atoms with Gasteiger partial charge in [0.25, 0.3) is 0 Å². The van der Waals surface area contributed by atoms with Crippen LogP contribution in [0.3, 0.4) is 0 Å². The van der Waals surface area contributed by atoms with Gasteiger partial charge in [0, 0.05) is 6.54 Å². The van der Waals surface area contributed by atoms with E-state index in [1.54, 1.807) is 6.92 Å². The van der Waals surface area contributed by atoms with Crippen molar-refractivity contribution in [1.82, 2.24) is 14.8 Å². The maximum absolute atomic E-state index is 11.7. The molecule has 0 saturated heterocycles. The molecule has 94 valence electrons. The second-order valence-electron chi connectivity index (χ2n) is 4.55. The van der Waals surface area contributed by atoms with E-state index in [-0.39, 0.29) is 5.97 Å². The van der Waals surface area contributed by atoms with E-state index in [9.17, 15) is 4.79 Å². The van der Waals surface area contributed by atoms with Crippen LogP contribution in [-0.4, -0.2) is 27.3 Å². The van der Waals surface area contributed by atoms with Gasteiger partial charge in [0.05, 0.1) is 6.61 Å². The molecule has 1 aromatic rings. The molecule has 1 fully saturated rings. The molecule has 0 amide bonds. The zero-order chi connectivity index (χ0) is 12.3. The Morgan fingerprint density at radius 3 is 2.76 bits per heavy atom. The van der Waals surface area contributed by atoms with Crippen molar-refractivity contribution in [3.8, 4) is 0 Å². The summed E-state index contributed by atoms with van der Waals surface area (Å²) in [5.41, 5.74) is 0. The second-order valence-corrected chi connectivity index (χ2v) is 4.55. The number of hydrogen-bond acceptors (Lipinski definition) is 4. The molecule has 0 unspecified atom stereocenters. The average molecular weight is 237 g/mol. The van der Waals surface area contributed by atoms with E-state index in [1.807, 2.05) is 11.5 Å². The van der Waals surface area contributed by atoms with Crippen LogP contribution < -0.4 is 0 Å². The van der Waals surface area contributed by atoms with Gasteiger partial charge in [-0.3, -0.25) is 0 Å². The Morgan fingerprint density at radius 1 is 1.41 bits per heavy atom. The smallest absolute Gasteiger partial charge is 0.376 e. The van der Waals surface area contributed by atoms with Crippen molar-refractivity contribution in [3.63, 3.8) is 0 Å². The highest BCUT2D eigenvalue weighted by atomic mass is 16.5. The summed E-state index contributed by atoms with van der Waals surface area (Å²) < 4.78 is 6.88. The van der Waals surface area contributed by atoms with E-state index >= 15 is 0 Å². The lowest BCUT2D eigenvalue weighted by atomic mass is 10.1. The SMILES string of the molecule is CCOC(=O)c1nnc(C)n1CC1CCCC1. The largest absolute Gasteiger partial charge is 0.460 e. The van der Waals surface area contributed by atoms with Gasteiger partial charge in [-0.15, -0.1) is 10.2 Å². The molecule has 1 heterocycles. The van der Waals surface area contributed by atoms with E-state index < -0.39 is 0 Å². The predicted molar refractivity (Wildman–Crippen MR) is 62.7 cm³/mol. The van der Waals surface area contributed by atoms with Crippen LogP contribution in [0, 0.1) is 12.8 Å². The van der Waals surface area contributed by atoms with Crippen LogP contribution in [0.4, 0.5) is 0 Å². The van der Waals surface area contributed by atoms with Crippen LogP contribution >= 0.6 is 0 Å². The molecule has 5 heteroatoms. The summed E-state index contributed by atoms with van der Waals surface area (Å²) in [6.07, 6.45) is 5.06. The molecule has 2 rings (SSSR count). The minimum Gasteiger partial charge on any atom is -0.460 e. The molecule has 1 aliphatic rings. The monoisotopic (exact) mass is 237 g/mol. The van der Waals surface area contributed by atoms with Crippen LogP contribution in [-0.2, 0) is 11.3 Å². The average Bonchev–Trinajstić information content (AvgIpc) is 2.91. The number of aryl methyl sites for hydroxylation is 1. The van der Waals surface area contributed by atoms with E-state index in [0.29, 0.717) is 18.3 Å². The van der Waals surface area contributed by atoms with Crippen LogP contribution in [0.25, 0.3) is 0 Å². The highest BCUT2D eigenvalue weighted by Crippen LogP contribution is 2.26. The van der Waals surface area contributed by atoms with Gasteiger partial charge in [-0.1, -0.05) is 12.8 Å². The lowest BCUT2D eigenvalue weighted by Gasteiger charge is -2.12. The molecule has 17 heavy (non-hydrogen) atoms. The third kappa shape index (κ3) is 2.65. The molecule has 0 bridgehead atoms. The summed E-state index contributed by atoms with van der Waals surface area (Å²) in [5.74, 6) is 1.42. The van der Waals surface area contributed by atoms with Gasteiger partial charge in [0.1, 0.15) is 5.82 Å². The Morgan fingerprint density at radius 2 is 2.12 bits per heavy atom. The van der Waals surface area contributed by atoms with Crippen molar-refractivity contribution in [2.45, 2.75) is 46.1 Å². The third-order valence-corrected chi connectivity index (χ3v) is 3.31. The predicted octanol–water partition coefficient (Wildman–Crippen LogP) is 1.95. The van der Waals surface area contributed by atoms with Crippen LogP contribution in [0.1, 0.15) is 49.1 Å². The van der Waals surface area contributed by atoms with Gasteiger partial charge in [-0.25, -0.2) is 4.79 Å². The van der Waals surface area contributed by atoms with Gasteiger partial charge in [-0.05, 0) is 32.6 Å². The number of nitrogens with zero attached hydrogens (tertiary/aromatic N) is 3. The first-order chi connectivity index (χ1) is 8.22. The molecule has 0 radical (unpaired) electrons. The Balaban J connectivity index is 2.13. The van der Waals surface area contributed by atoms with E-state index in [4.69, 9.17) is 4.74 Å². The molecule has 0 aliphatic heterocycles. The summed E-state index contributed by atoms with van der Waals surface area (Å²) in [7, 11) is 0. The molecule has 1 saturated carbocycles. The van der Waals surface area contributed by atoms with Gasteiger partial charge in [-0.2, -0.15) is 0 Å². The van der Waals surface area contributed by atoms with Crippen molar-refractivity contribution in [2.75, 3.05) is 6.61 Å². The molecule has 1 aromatic heterocycles. The fourth-order valence-electron chi connectivity index (χ4n) is 2.40. The molecule has 1 aliphatic carbocycles. The number of ether oxygens (including phenoxy) is 1. The Labute approximate surface area is 101 Å².